The molecular weight excluding hydrogens is 257 g/mol. The number of nitrogens with zero attached hydrogens (tertiary/aromatic N) is 1. The quantitative estimate of drug-likeness (QED) is 0.735. The first-order valence-corrected chi connectivity index (χ1v) is 6.39. The summed E-state index contributed by atoms with van der Waals surface area (Å²) in [6.07, 6.45) is -0.311. The second-order valence-corrected chi connectivity index (χ2v) is 4.14. The number of rotatable bonds is 8. The van der Waals surface area contributed by atoms with Gasteiger partial charge in [0.25, 0.3) is 0 Å². The van der Waals surface area contributed by atoms with E-state index < -0.39 is 11.7 Å². The summed E-state index contributed by atoms with van der Waals surface area (Å²) in [6, 6.07) is 2.30. The maximum absolute atomic E-state index is 12.7. The second kappa shape index (κ2) is 7.99. The van der Waals surface area contributed by atoms with Gasteiger partial charge in [0.1, 0.15) is 5.82 Å². The standard InChI is InChI=1S/C13H19F3N2O/c1-2-3-9-19-10-5-8-18-12-11(13(14,15)16)6-4-7-17-12/h4,6-7H,2-3,5,8-10H2,1H3,(H,17,18). The minimum Gasteiger partial charge on any atom is -0.381 e. The molecule has 1 heterocycles. The normalized spacial score (nSPS) is 11.6. The fourth-order valence-corrected chi connectivity index (χ4v) is 1.50. The van der Waals surface area contributed by atoms with E-state index in [4.69, 9.17) is 4.74 Å². The van der Waals surface area contributed by atoms with E-state index in [9.17, 15) is 13.2 Å². The van der Waals surface area contributed by atoms with Crippen LogP contribution < -0.4 is 5.32 Å². The topological polar surface area (TPSA) is 34.1 Å². The van der Waals surface area contributed by atoms with Crippen LogP contribution in [0.2, 0.25) is 0 Å². The largest absolute Gasteiger partial charge is 0.419 e. The molecule has 1 aromatic rings. The average molecular weight is 276 g/mol. The lowest BCUT2D eigenvalue weighted by molar-refractivity contribution is -0.137. The van der Waals surface area contributed by atoms with Crippen molar-refractivity contribution >= 4 is 5.82 Å². The molecule has 3 nitrogen and oxygen atoms in total. The van der Waals surface area contributed by atoms with Gasteiger partial charge in [0.05, 0.1) is 5.56 Å². The number of pyridine rings is 1. The summed E-state index contributed by atoms with van der Waals surface area (Å²) < 4.78 is 43.3. The summed E-state index contributed by atoms with van der Waals surface area (Å²) >= 11 is 0. The molecule has 0 amide bonds. The Hall–Kier alpha value is -1.30. The van der Waals surface area contributed by atoms with E-state index in [-0.39, 0.29) is 5.82 Å². The lowest BCUT2D eigenvalue weighted by Crippen LogP contribution is -2.14. The third kappa shape index (κ3) is 5.92. The Bertz CT molecular complexity index is 369. The monoisotopic (exact) mass is 276 g/mol. The molecule has 0 bridgehead atoms. The summed E-state index contributed by atoms with van der Waals surface area (Å²) in [5, 5.41) is 2.70. The number of ether oxygens (including phenoxy) is 1. The van der Waals surface area contributed by atoms with Crippen LogP contribution in [0.15, 0.2) is 18.3 Å². The van der Waals surface area contributed by atoms with Crippen LogP contribution in [0.5, 0.6) is 0 Å². The molecule has 0 aromatic carbocycles. The van der Waals surface area contributed by atoms with Gasteiger partial charge in [0, 0.05) is 26.0 Å². The van der Waals surface area contributed by atoms with Crippen molar-refractivity contribution in [1.29, 1.82) is 0 Å². The Morgan fingerprint density at radius 2 is 2.00 bits per heavy atom. The zero-order valence-corrected chi connectivity index (χ0v) is 11.0. The highest BCUT2D eigenvalue weighted by Crippen LogP contribution is 2.33. The van der Waals surface area contributed by atoms with Gasteiger partial charge in [-0.3, -0.25) is 0 Å². The average Bonchev–Trinajstić information content (AvgIpc) is 2.37. The number of nitrogens with one attached hydrogen (secondary N) is 1. The Kier molecular flexibility index (Phi) is 6.62. The zero-order valence-electron chi connectivity index (χ0n) is 11.0. The van der Waals surface area contributed by atoms with Crippen LogP contribution >= 0.6 is 0 Å². The van der Waals surface area contributed by atoms with Crippen molar-refractivity contribution in [2.24, 2.45) is 0 Å². The van der Waals surface area contributed by atoms with Gasteiger partial charge in [-0.2, -0.15) is 13.2 Å². The summed E-state index contributed by atoms with van der Waals surface area (Å²) in [7, 11) is 0. The fourth-order valence-electron chi connectivity index (χ4n) is 1.50. The van der Waals surface area contributed by atoms with Crippen molar-refractivity contribution in [3.8, 4) is 0 Å². The van der Waals surface area contributed by atoms with E-state index in [2.05, 4.69) is 17.2 Å². The van der Waals surface area contributed by atoms with Crippen molar-refractivity contribution < 1.29 is 17.9 Å². The number of halogens is 3. The van der Waals surface area contributed by atoms with Crippen molar-refractivity contribution in [2.75, 3.05) is 25.1 Å². The Morgan fingerprint density at radius 1 is 1.26 bits per heavy atom. The van der Waals surface area contributed by atoms with E-state index >= 15 is 0 Å². The van der Waals surface area contributed by atoms with Gasteiger partial charge in [0.15, 0.2) is 0 Å². The molecule has 1 rings (SSSR count). The lowest BCUT2D eigenvalue weighted by atomic mass is 10.2. The summed E-state index contributed by atoms with van der Waals surface area (Å²) in [6.45, 7) is 3.73. The Morgan fingerprint density at radius 3 is 2.68 bits per heavy atom. The molecule has 0 aliphatic rings. The second-order valence-electron chi connectivity index (χ2n) is 4.14. The smallest absolute Gasteiger partial charge is 0.381 e. The molecule has 19 heavy (non-hydrogen) atoms. The van der Waals surface area contributed by atoms with Gasteiger partial charge >= 0.3 is 6.18 Å². The lowest BCUT2D eigenvalue weighted by Gasteiger charge is -2.13. The zero-order chi connectivity index (χ0) is 14.1. The number of alkyl halides is 3. The molecule has 0 saturated carbocycles. The highest BCUT2D eigenvalue weighted by Gasteiger charge is 2.33. The predicted octanol–water partition coefficient (Wildman–Crippen LogP) is 3.72. The summed E-state index contributed by atoms with van der Waals surface area (Å²) in [4.78, 5) is 3.72. The van der Waals surface area contributed by atoms with Crippen LogP contribution in [-0.4, -0.2) is 24.7 Å². The molecule has 108 valence electrons. The van der Waals surface area contributed by atoms with E-state index in [0.717, 1.165) is 18.9 Å². The number of hydrogen-bond acceptors (Lipinski definition) is 3. The first-order valence-electron chi connectivity index (χ1n) is 6.39. The fraction of sp³-hybridized carbons (Fsp3) is 0.615. The Balaban J connectivity index is 2.33. The molecule has 0 aliphatic heterocycles. The van der Waals surface area contributed by atoms with Crippen LogP contribution in [-0.2, 0) is 10.9 Å². The molecule has 0 unspecified atom stereocenters. The molecule has 0 fully saturated rings. The molecule has 6 heteroatoms. The maximum atomic E-state index is 12.7. The third-order valence-electron chi connectivity index (χ3n) is 2.51. The molecule has 0 saturated heterocycles. The first kappa shape index (κ1) is 15.8. The van der Waals surface area contributed by atoms with Gasteiger partial charge in [-0.05, 0) is 25.0 Å². The molecule has 1 N–H and O–H groups in total. The SMILES string of the molecule is CCCCOCCCNc1ncccc1C(F)(F)F. The number of aromatic nitrogens is 1. The predicted molar refractivity (Wildman–Crippen MR) is 68.1 cm³/mol. The summed E-state index contributed by atoms with van der Waals surface area (Å²) in [5.41, 5.74) is -0.734. The molecule has 0 radical (unpaired) electrons. The van der Waals surface area contributed by atoms with Gasteiger partial charge < -0.3 is 10.1 Å². The van der Waals surface area contributed by atoms with E-state index in [1.807, 2.05) is 0 Å². The van der Waals surface area contributed by atoms with Crippen molar-refractivity contribution in [3.05, 3.63) is 23.9 Å². The van der Waals surface area contributed by atoms with Gasteiger partial charge in [-0.25, -0.2) is 4.98 Å². The van der Waals surface area contributed by atoms with Crippen molar-refractivity contribution in [2.45, 2.75) is 32.4 Å². The van der Waals surface area contributed by atoms with E-state index in [1.54, 1.807) is 0 Å². The maximum Gasteiger partial charge on any atom is 0.419 e. The number of unbranched alkanes of at least 4 members (excludes halogenated alkanes) is 1. The molecule has 0 spiro atoms. The van der Waals surface area contributed by atoms with Crippen molar-refractivity contribution in [1.82, 2.24) is 4.98 Å². The van der Waals surface area contributed by atoms with E-state index in [1.165, 1.54) is 12.3 Å². The highest BCUT2D eigenvalue weighted by molar-refractivity contribution is 5.45. The molecule has 0 aliphatic carbocycles. The van der Waals surface area contributed by atoms with Crippen LogP contribution in [0.4, 0.5) is 19.0 Å². The van der Waals surface area contributed by atoms with Crippen LogP contribution in [0.25, 0.3) is 0 Å². The first-order chi connectivity index (χ1) is 9.05. The minimum atomic E-state index is -4.38. The van der Waals surface area contributed by atoms with Crippen LogP contribution in [0.1, 0.15) is 31.7 Å². The molecular formula is C13H19F3N2O. The molecule has 0 atom stereocenters. The minimum absolute atomic E-state index is 0.122. The van der Waals surface area contributed by atoms with Crippen LogP contribution in [0, 0.1) is 0 Å². The Labute approximate surface area is 111 Å². The molecule has 1 aromatic heterocycles. The van der Waals surface area contributed by atoms with Gasteiger partial charge in [-0.15, -0.1) is 0 Å². The number of anilines is 1. The third-order valence-corrected chi connectivity index (χ3v) is 2.51. The van der Waals surface area contributed by atoms with E-state index in [0.29, 0.717) is 26.2 Å². The van der Waals surface area contributed by atoms with Gasteiger partial charge in [-0.1, -0.05) is 13.3 Å². The highest BCUT2D eigenvalue weighted by atomic mass is 19.4. The van der Waals surface area contributed by atoms with Crippen LogP contribution in [0.3, 0.4) is 0 Å². The summed E-state index contributed by atoms with van der Waals surface area (Å²) in [5.74, 6) is -0.122. The number of hydrogen-bond donors (Lipinski definition) is 1. The van der Waals surface area contributed by atoms with Gasteiger partial charge in [0.2, 0.25) is 0 Å². The van der Waals surface area contributed by atoms with Crippen molar-refractivity contribution in [3.63, 3.8) is 0 Å².